The number of pyridine rings is 1. The second-order valence-corrected chi connectivity index (χ2v) is 5.46. The molecule has 2 rings (SSSR count). The predicted molar refractivity (Wildman–Crippen MR) is 78.2 cm³/mol. The van der Waals surface area contributed by atoms with Gasteiger partial charge in [-0.25, -0.2) is 4.98 Å². The minimum Gasteiger partial charge on any atom is -0.395 e. The van der Waals surface area contributed by atoms with Crippen LogP contribution in [0.2, 0.25) is 5.15 Å². The number of aryl methyl sites for hydroxylation is 2. The lowest BCUT2D eigenvalue weighted by molar-refractivity contribution is 0.0614. The first-order valence-electron chi connectivity index (χ1n) is 6.79. The van der Waals surface area contributed by atoms with Gasteiger partial charge < -0.3 is 10.0 Å². The highest BCUT2D eigenvalue weighted by molar-refractivity contribution is 6.32. The number of hydrogen-bond donors (Lipinski definition) is 1. The fourth-order valence-electron chi connectivity index (χ4n) is 2.52. The van der Waals surface area contributed by atoms with Gasteiger partial charge in [0.1, 0.15) is 5.15 Å². The molecule has 1 aliphatic heterocycles. The summed E-state index contributed by atoms with van der Waals surface area (Å²) in [5, 5.41) is 9.21. The zero-order chi connectivity index (χ0) is 14.7. The molecule has 0 aromatic carbocycles. The van der Waals surface area contributed by atoms with Crippen molar-refractivity contribution >= 4 is 17.5 Å². The number of aromatic nitrogens is 1. The molecule has 110 valence electrons. The maximum atomic E-state index is 12.6. The summed E-state index contributed by atoms with van der Waals surface area (Å²) in [4.78, 5) is 20.7. The maximum absolute atomic E-state index is 12.6. The van der Waals surface area contributed by atoms with E-state index in [1.165, 1.54) is 0 Å². The van der Waals surface area contributed by atoms with Crippen LogP contribution >= 0.6 is 11.6 Å². The Labute approximate surface area is 124 Å². The van der Waals surface area contributed by atoms with Crippen molar-refractivity contribution in [3.63, 3.8) is 0 Å². The summed E-state index contributed by atoms with van der Waals surface area (Å²) in [7, 11) is 0. The number of aliphatic hydroxyl groups is 1. The molecule has 1 aliphatic rings. The number of carbonyl (C=O) groups excluding carboxylic acids is 1. The number of carbonyl (C=O) groups is 1. The SMILES string of the molecule is Cc1cc(C)c(C(=O)N2CCN(CCO)CC2)c(Cl)n1. The summed E-state index contributed by atoms with van der Waals surface area (Å²) in [6.07, 6.45) is 0. The maximum Gasteiger partial charge on any atom is 0.257 e. The normalized spacial score (nSPS) is 16.5. The summed E-state index contributed by atoms with van der Waals surface area (Å²) >= 11 is 6.13. The Bertz CT molecular complexity index is 476. The number of halogens is 1. The highest BCUT2D eigenvalue weighted by atomic mass is 35.5. The molecular formula is C14H20ClN3O2. The third kappa shape index (κ3) is 3.29. The molecule has 6 heteroatoms. The van der Waals surface area contributed by atoms with Crippen molar-refractivity contribution in [3.8, 4) is 0 Å². The number of nitrogens with zero attached hydrogens (tertiary/aromatic N) is 3. The molecule has 20 heavy (non-hydrogen) atoms. The van der Waals surface area contributed by atoms with E-state index in [-0.39, 0.29) is 17.7 Å². The van der Waals surface area contributed by atoms with E-state index < -0.39 is 0 Å². The average Bonchev–Trinajstić information content (AvgIpc) is 2.38. The van der Waals surface area contributed by atoms with E-state index in [9.17, 15) is 4.79 Å². The number of amides is 1. The third-order valence-corrected chi connectivity index (χ3v) is 3.86. The van der Waals surface area contributed by atoms with Crippen LogP contribution in [0.15, 0.2) is 6.07 Å². The number of aliphatic hydroxyl groups excluding tert-OH is 1. The van der Waals surface area contributed by atoms with E-state index in [0.29, 0.717) is 25.2 Å². The van der Waals surface area contributed by atoms with Crippen molar-refractivity contribution < 1.29 is 9.90 Å². The van der Waals surface area contributed by atoms with E-state index in [0.717, 1.165) is 24.3 Å². The zero-order valence-corrected chi connectivity index (χ0v) is 12.7. The molecule has 0 spiro atoms. The average molecular weight is 298 g/mol. The van der Waals surface area contributed by atoms with Gasteiger partial charge in [0.2, 0.25) is 0 Å². The molecule has 0 radical (unpaired) electrons. The van der Waals surface area contributed by atoms with Gasteiger partial charge in [0, 0.05) is 38.4 Å². The van der Waals surface area contributed by atoms with E-state index in [4.69, 9.17) is 16.7 Å². The summed E-state index contributed by atoms with van der Waals surface area (Å²) in [5.74, 6) is -0.0522. The molecule has 2 heterocycles. The number of rotatable bonds is 3. The topological polar surface area (TPSA) is 56.7 Å². The summed E-state index contributed by atoms with van der Waals surface area (Å²) in [5.41, 5.74) is 2.19. The third-order valence-electron chi connectivity index (χ3n) is 3.59. The second-order valence-electron chi connectivity index (χ2n) is 5.10. The van der Waals surface area contributed by atoms with Crippen LogP contribution in [0.3, 0.4) is 0 Å². The number of hydrogen-bond acceptors (Lipinski definition) is 4. The lowest BCUT2D eigenvalue weighted by Gasteiger charge is -2.34. The molecule has 1 saturated heterocycles. The van der Waals surface area contributed by atoms with Crippen molar-refractivity contribution in [3.05, 3.63) is 28.0 Å². The van der Waals surface area contributed by atoms with Crippen molar-refractivity contribution in [1.82, 2.24) is 14.8 Å². The van der Waals surface area contributed by atoms with Crippen molar-refractivity contribution in [1.29, 1.82) is 0 Å². The highest BCUT2D eigenvalue weighted by Crippen LogP contribution is 2.21. The van der Waals surface area contributed by atoms with Gasteiger partial charge in [0.25, 0.3) is 5.91 Å². The van der Waals surface area contributed by atoms with Crippen LogP contribution < -0.4 is 0 Å². The Kier molecular flexibility index (Phi) is 4.96. The van der Waals surface area contributed by atoms with Crippen molar-refractivity contribution in [2.75, 3.05) is 39.3 Å². The predicted octanol–water partition coefficient (Wildman–Crippen LogP) is 1.10. The summed E-state index contributed by atoms with van der Waals surface area (Å²) in [6, 6.07) is 1.88. The fraction of sp³-hybridized carbons (Fsp3) is 0.571. The van der Waals surface area contributed by atoms with Gasteiger partial charge in [-0.15, -0.1) is 0 Å². The molecule has 1 fully saturated rings. The number of β-amino-alcohol motifs (C(OH)–C–C–N with tert-alkyl or cyclic N) is 1. The quantitative estimate of drug-likeness (QED) is 0.849. The molecular weight excluding hydrogens is 278 g/mol. The van der Waals surface area contributed by atoms with Gasteiger partial charge in [-0.2, -0.15) is 0 Å². The zero-order valence-electron chi connectivity index (χ0n) is 11.9. The van der Waals surface area contributed by atoms with Crippen LogP contribution in [-0.4, -0.2) is 65.1 Å². The molecule has 0 saturated carbocycles. The van der Waals surface area contributed by atoms with Crippen LogP contribution in [0.1, 0.15) is 21.6 Å². The van der Waals surface area contributed by atoms with Gasteiger partial charge in [0.15, 0.2) is 0 Å². The Morgan fingerprint density at radius 1 is 1.35 bits per heavy atom. The Balaban J connectivity index is 2.10. The minimum absolute atomic E-state index is 0.0522. The molecule has 0 aliphatic carbocycles. The molecule has 1 aromatic rings. The lowest BCUT2D eigenvalue weighted by atomic mass is 10.1. The van der Waals surface area contributed by atoms with Gasteiger partial charge in [-0.1, -0.05) is 11.6 Å². The Hall–Kier alpha value is -1.17. The standard InChI is InChI=1S/C14H20ClN3O2/c1-10-9-11(2)16-13(15)12(10)14(20)18-5-3-17(4-6-18)7-8-19/h9,19H,3-8H2,1-2H3. The van der Waals surface area contributed by atoms with Gasteiger partial charge in [0.05, 0.1) is 12.2 Å². The molecule has 1 aromatic heterocycles. The Morgan fingerprint density at radius 3 is 2.55 bits per heavy atom. The summed E-state index contributed by atoms with van der Waals surface area (Å²) < 4.78 is 0. The van der Waals surface area contributed by atoms with E-state index >= 15 is 0 Å². The molecule has 0 bridgehead atoms. The highest BCUT2D eigenvalue weighted by Gasteiger charge is 2.25. The summed E-state index contributed by atoms with van der Waals surface area (Å²) in [6.45, 7) is 7.43. The second kappa shape index (κ2) is 6.52. The molecule has 1 N–H and O–H groups in total. The smallest absolute Gasteiger partial charge is 0.257 e. The van der Waals surface area contributed by atoms with Gasteiger partial charge >= 0.3 is 0 Å². The van der Waals surface area contributed by atoms with Crippen LogP contribution in [0.5, 0.6) is 0 Å². The number of piperazine rings is 1. The molecule has 0 atom stereocenters. The first-order valence-corrected chi connectivity index (χ1v) is 7.17. The van der Waals surface area contributed by atoms with Gasteiger partial charge in [-0.05, 0) is 25.5 Å². The monoisotopic (exact) mass is 297 g/mol. The van der Waals surface area contributed by atoms with E-state index in [1.54, 1.807) is 4.90 Å². The van der Waals surface area contributed by atoms with Crippen molar-refractivity contribution in [2.24, 2.45) is 0 Å². The first kappa shape index (κ1) is 15.2. The van der Waals surface area contributed by atoms with Crippen LogP contribution in [-0.2, 0) is 0 Å². The van der Waals surface area contributed by atoms with E-state index in [2.05, 4.69) is 9.88 Å². The lowest BCUT2D eigenvalue weighted by Crippen LogP contribution is -2.49. The van der Waals surface area contributed by atoms with Crippen LogP contribution in [0.4, 0.5) is 0 Å². The van der Waals surface area contributed by atoms with E-state index in [1.807, 2.05) is 19.9 Å². The van der Waals surface area contributed by atoms with Crippen LogP contribution in [0, 0.1) is 13.8 Å². The van der Waals surface area contributed by atoms with Gasteiger partial charge in [-0.3, -0.25) is 9.69 Å². The molecule has 0 unspecified atom stereocenters. The minimum atomic E-state index is -0.0522. The largest absolute Gasteiger partial charge is 0.395 e. The van der Waals surface area contributed by atoms with Crippen LogP contribution in [0.25, 0.3) is 0 Å². The fourth-order valence-corrected chi connectivity index (χ4v) is 2.89. The Morgan fingerprint density at radius 2 is 2.00 bits per heavy atom. The van der Waals surface area contributed by atoms with Crippen molar-refractivity contribution in [2.45, 2.75) is 13.8 Å². The molecule has 1 amide bonds. The molecule has 5 nitrogen and oxygen atoms in total. The first-order chi connectivity index (χ1) is 9.52.